The number of nitrogens with two attached hydrogens (primary N) is 1. The van der Waals surface area contributed by atoms with Gasteiger partial charge in [0.05, 0.1) is 5.56 Å². The van der Waals surface area contributed by atoms with Gasteiger partial charge in [0.2, 0.25) is 5.78 Å². The number of amides is 1. The second kappa shape index (κ2) is 9.47. The van der Waals surface area contributed by atoms with E-state index in [0.717, 1.165) is 5.56 Å². The first-order chi connectivity index (χ1) is 18.7. The van der Waals surface area contributed by atoms with Crippen molar-refractivity contribution in [3.8, 4) is 5.75 Å². The van der Waals surface area contributed by atoms with Gasteiger partial charge in [-0.3, -0.25) is 19.3 Å². The lowest BCUT2D eigenvalue weighted by atomic mass is 9.60. The number of hydrogen-bond acceptors (Lipinski definition) is 8. The molecule has 3 aliphatic carbocycles. The van der Waals surface area contributed by atoms with Gasteiger partial charge in [0, 0.05) is 35.0 Å². The number of benzene rings is 2. The number of nitrogens with zero attached hydrogens (tertiary/aromatic N) is 1. The van der Waals surface area contributed by atoms with E-state index in [4.69, 9.17) is 17.3 Å². The molecule has 1 amide bonds. The summed E-state index contributed by atoms with van der Waals surface area (Å²) in [4.78, 5) is 40.6. The lowest BCUT2D eigenvalue weighted by molar-refractivity contribution is -0.144. The van der Waals surface area contributed by atoms with Gasteiger partial charge in [0.25, 0.3) is 5.91 Å². The molecule has 0 heterocycles. The molecule has 40 heavy (non-hydrogen) atoms. The number of phenols is 1. The Kier molecular flexibility index (Phi) is 6.60. The van der Waals surface area contributed by atoms with E-state index in [1.165, 1.54) is 6.07 Å². The second-order valence-electron chi connectivity index (χ2n) is 11.4. The van der Waals surface area contributed by atoms with Crippen LogP contribution in [0.25, 0.3) is 0 Å². The van der Waals surface area contributed by atoms with E-state index in [0.29, 0.717) is 22.7 Å². The number of aliphatic hydroxyl groups is 3. The van der Waals surface area contributed by atoms with Gasteiger partial charge in [0.1, 0.15) is 22.8 Å². The number of carbonyl (C=O) groups excluding carboxylic acids is 3. The molecule has 9 nitrogen and oxygen atoms in total. The molecule has 2 aromatic rings. The lowest BCUT2D eigenvalue weighted by Crippen LogP contribution is -2.57. The van der Waals surface area contributed by atoms with Crippen LogP contribution in [0, 0.1) is 11.8 Å². The molecule has 3 aliphatic rings. The molecule has 1 unspecified atom stereocenters. The Labute approximate surface area is 236 Å². The van der Waals surface area contributed by atoms with Crippen LogP contribution in [0.4, 0.5) is 0 Å². The number of aliphatic hydroxyl groups excluding tert-OH is 2. The number of allylic oxidation sites excluding steroid dienone is 2. The van der Waals surface area contributed by atoms with Gasteiger partial charge in [-0.2, -0.15) is 0 Å². The highest BCUT2D eigenvalue weighted by Gasteiger charge is 2.59. The Morgan fingerprint density at radius 2 is 1.80 bits per heavy atom. The molecule has 0 fully saturated rings. The van der Waals surface area contributed by atoms with Gasteiger partial charge >= 0.3 is 0 Å². The highest BCUT2D eigenvalue weighted by atomic mass is 35.5. The maximum absolute atomic E-state index is 13.7. The Morgan fingerprint density at radius 3 is 2.42 bits per heavy atom. The number of hydrogen-bond donors (Lipinski definition) is 5. The summed E-state index contributed by atoms with van der Waals surface area (Å²) in [5.41, 5.74) is 3.26. The van der Waals surface area contributed by atoms with Crippen LogP contribution in [0.2, 0.25) is 5.02 Å². The number of fused-ring (bicyclic) bond motifs is 3. The zero-order valence-electron chi connectivity index (χ0n) is 22.4. The van der Waals surface area contributed by atoms with E-state index < -0.39 is 52.0 Å². The predicted molar refractivity (Wildman–Crippen MR) is 147 cm³/mol. The normalized spacial score (nSPS) is 24.6. The third kappa shape index (κ3) is 3.95. The molecule has 0 spiro atoms. The monoisotopic (exact) mass is 566 g/mol. The van der Waals surface area contributed by atoms with E-state index >= 15 is 0 Å². The minimum absolute atomic E-state index is 0.0468. The van der Waals surface area contributed by atoms with Crippen LogP contribution in [-0.4, -0.2) is 55.4 Å². The molecule has 10 heteroatoms. The fourth-order valence-electron chi connectivity index (χ4n) is 6.36. The highest BCUT2D eigenvalue weighted by molar-refractivity contribution is 6.33. The van der Waals surface area contributed by atoms with E-state index in [-0.39, 0.29) is 41.7 Å². The zero-order valence-corrected chi connectivity index (χ0v) is 23.1. The number of carbonyl (C=O) groups is 3. The first kappa shape index (κ1) is 27.9. The van der Waals surface area contributed by atoms with Crippen molar-refractivity contribution >= 4 is 29.1 Å². The van der Waals surface area contributed by atoms with Crippen molar-refractivity contribution in [2.24, 2.45) is 17.6 Å². The van der Waals surface area contributed by atoms with Crippen LogP contribution < -0.4 is 5.73 Å². The lowest BCUT2D eigenvalue weighted by Gasteiger charge is -2.45. The second-order valence-corrected chi connectivity index (χ2v) is 11.8. The third-order valence-electron chi connectivity index (χ3n) is 8.91. The summed E-state index contributed by atoms with van der Waals surface area (Å²) < 4.78 is 0. The standard InChI is InChI=1S/C30H31ClN2O7/c1-29(2,16-7-5-4-6-8-16)33(3)13-15-11-19(34)22-18(24(15)31)10-14-9-17-12-20(35)23(28(32)39)27(38)30(17,40)26(37)21(14)25(22)36/h4-8,11,14,17,34-35,37,40H,9-10,12-13H2,1-3H3,(H2,32,39)/t14?,17-,30-/m0/s1. The van der Waals surface area contributed by atoms with Crippen LogP contribution in [0.15, 0.2) is 59.1 Å². The van der Waals surface area contributed by atoms with Crippen molar-refractivity contribution in [3.63, 3.8) is 0 Å². The smallest absolute Gasteiger partial charge is 0.255 e. The predicted octanol–water partition coefficient (Wildman–Crippen LogP) is 3.60. The fraction of sp³-hybridized carbons (Fsp3) is 0.367. The van der Waals surface area contributed by atoms with Gasteiger partial charge < -0.3 is 26.2 Å². The number of rotatable bonds is 5. The first-order valence-electron chi connectivity index (χ1n) is 13.0. The molecule has 2 aromatic carbocycles. The van der Waals surface area contributed by atoms with Crippen LogP contribution in [-0.2, 0) is 28.1 Å². The number of ketones is 2. The molecule has 0 bridgehead atoms. The summed E-state index contributed by atoms with van der Waals surface area (Å²) in [6.07, 6.45) is -0.0840. The highest BCUT2D eigenvalue weighted by Crippen LogP contribution is 2.52. The van der Waals surface area contributed by atoms with Gasteiger partial charge in [-0.1, -0.05) is 41.9 Å². The minimum atomic E-state index is -2.60. The van der Waals surface area contributed by atoms with E-state index in [1.54, 1.807) is 0 Å². The Morgan fingerprint density at radius 1 is 1.15 bits per heavy atom. The summed E-state index contributed by atoms with van der Waals surface area (Å²) >= 11 is 6.87. The van der Waals surface area contributed by atoms with Gasteiger partial charge in [-0.15, -0.1) is 0 Å². The van der Waals surface area contributed by atoms with Crippen LogP contribution >= 0.6 is 11.6 Å². The van der Waals surface area contributed by atoms with Crippen LogP contribution in [0.5, 0.6) is 5.75 Å². The minimum Gasteiger partial charge on any atom is -0.511 e. The molecular weight excluding hydrogens is 536 g/mol. The third-order valence-corrected chi connectivity index (χ3v) is 9.38. The number of Topliss-reactive ketones (excluding diaryl/α,β-unsaturated/α-hetero) is 2. The summed E-state index contributed by atoms with van der Waals surface area (Å²) in [6.45, 7) is 4.50. The summed E-state index contributed by atoms with van der Waals surface area (Å²) in [5.74, 6) is -6.68. The van der Waals surface area contributed by atoms with Crippen molar-refractivity contribution in [2.45, 2.75) is 50.8 Å². The summed E-state index contributed by atoms with van der Waals surface area (Å²) in [5, 5.41) is 44.2. The number of aromatic hydroxyl groups is 1. The molecule has 0 saturated heterocycles. The average Bonchev–Trinajstić information content (AvgIpc) is 2.89. The quantitative estimate of drug-likeness (QED) is 0.343. The Bertz CT molecular complexity index is 1530. The molecule has 0 saturated carbocycles. The number of phenolic OH excluding ortho intramolecular Hbond substituents is 1. The molecule has 0 aliphatic heterocycles. The number of halogens is 1. The first-order valence-corrected chi connectivity index (χ1v) is 13.4. The van der Waals surface area contributed by atoms with Gasteiger partial charge in [0.15, 0.2) is 11.4 Å². The van der Waals surface area contributed by atoms with Crippen molar-refractivity contribution in [1.82, 2.24) is 4.90 Å². The van der Waals surface area contributed by atoms with Crippen molar-refractivity contribution in [3.05, 3.63) is 86.3 Å². The molecule has 3 atom stereocenters. The van der Waals surface area contributed by atoms with E-state index in [2.05, 4.69) is 18.7 Å². The Balaban J connectivity index is 1.54. The molecule has 210 valence electrons. The summed E-state index contributed by atoms with van der Waals surface area (Å²) in [7, 11) is 1.94. The molecular formula is C30H31ClN2O7. The zero-order chi connectivity index (χ0) is 29.3. The van der Waals surface area contributed by atoms with Crippen LogP contribution in [0.1, 0.15) is 53.7 Å². The molecule has 6 N–H and O–H groups in total. The molecule has 0 aromatic heterocycles. The number of primary amides is 1. The maximum atomic E-state index is 13.7. The fourth-order valence-corrected chi connectivity index (χ4v) is 6.64. The SMILES string of the molecule is CN(Cc1cc(O)c2c(c1Cl)CC1C[C@H]3CC(O)=C(C(N)=O)C(=O)[C@@]3(O)C(O)=C1C2=O)C(C)(C)c1ccccc1. The summed E-state index contributed by atoms with van der Waals surface area (Å²) in [6, 6.07) is 11.3. The largest absolute Gasteiger partial charge is 0.511 e. The van der Waals surface area contributed by atoms with Crippen molar-refractivity contribution < 1.29 is 34.8 Å². The molecule has 5 rings (SSSR count). The maximum Gasteiger partial charge on any atom is 0.255 e. The van der Waals surface area contributed by atoms with Crippen molar-refractivity contribution in [2.75, 3.05) is 7.05 Å². The average molecular weight is 567 g/mol. The van der Waals surface area contributed by atoms with Gasteiger partial charge in [-0.05, 0) is 62.4 Å². The Hall–Kier alpha value is -3.66. The topological polar surface area (TPSA) is 161 Å². The van der Waals surface area contributed by atoms with E-state index in [9.17, 15) is 34.8 Å². The van der Waals surface area contributed by atoms with Crippen molar-refractivity contribution in [1.29, 1.82) is 0 Å². The van der Waals surface area contributed by atoms with E-state index in [1.807, 2.05) is 37.4 Å². The molecule has 0 radical (unpaired) electrons. The van der Waals surface area contributed by atoms with Gasteiger partial charge in [-0.25, -0.2) is 0 Å². The van der Waals surface area contributed by atoms with Crippen LogP contribution in [0.3, 0.4) is 0 Å².